The van der Waals surface area contributed by atoms with Gasteiger partial charge in [-0.25, -0.2) is 14.4 Å². The smallest absolute Gasteiger partial charge is 0.162 e. The summed E-state index contributed by atoms with van der Waals surface area (Å²) in [5.41, 5.74) is 1.53. The minimum Gasteiger partial charge on any atom is -0.493 e. The molecule has 2 N–H and O–H groups in total. The van der Waals surface area contributed by atoms with Crippen molar-refractivity contribution in [3.8, 4) is 23.8 Å². The zero-order valence-electron chi connectivity index (χ0n) is 19.2. The number of benzene rings is 2. The fourth-order valence-corrected chi connectivity index (χ4v) is 4.89. The molecule has 7 nitrogen and oxygen atoms in total. The lowest BCUT2D eigenvalue weighted by atomic mass is 10.0. The zero-order valence-corrected chi connectivity index (χ0v) is 19.2. The average molecular weight is 462 g/mol. The van der Waals surface area contributed by atoms with E-state index in [2.05, 4.69) is 31.4 Å². The molecule has 2 fully saturated rings. The molecule has 2 atom stereocenters. The monoisotopic (exact) mass is 461 g/mol. The number of terminal acetylenes is 1. The summed E-state index contributed by atoms with van der Waals surface area (Å²) in [6.07, 6.45) is 7.81. The van der Waals surface area contributed by atoms with Crippen LogP contribution in [0.2, 0.25) is 0 Å². The number of likely N-dealkylation sites (tertiary alicyclic amines) is 1. The van der Waals surface area contributed by atoms with Crippen LogP contribution in [0, 0.1) is 30.0 Å². The molecule has 0 bridgehead atoms. The average Bonchev–Trinajstić information content (AvgIpc) is 3.45. The van der Waals surface area contributed by atoms with Crippen molar-refractivity contribution in [2.45, 2.75) is 6.42 Å². The van der Waals surface area contributed by atoms with Crippen LogP contribution in [-0.2, 0) is 0 Å². The van der Waals surface area contributed by atoms with Crippen molar-refractivity contribution in [3.05, 3.63) is 48.0 Å². The Labute approximate surface area is 198 Å². The predicted molar refractivity (Wildman–Crippen MR) is 130 cm³/mol. The number of rotatable bonds is 8. The number of fused-ring (bicyclic) bond motifs is 2. The van der Waals surface area contributed by atoms with Crippen LogP contribution in [0.3, 0.4) is 0 Å². The van der Waals surface area contributed by atoms with Gasteiger partial charge in [-0.05, 0) is 55.6 Å². The molecule has 0 spiro atoms. The highest BCUT2D eigenvalue weighted by molar-refractivity contribution is 5.93. The molecule has 3 heterocycles. The molecule has 1 aromatic heterocycles. The Morgan fingerprint density at radius 1 is 1.18 bits per heavy atom. The lowest BCUT2D eigenvalue weighted by Gasteiger charge is -2.18. The van der Waals surface area contributed by atoms with Gasteiger partial charge in [0, 0.05) is 36.8 Å². The summed E-state index contributed by atoms with van der Waals surface area (Å²) in [5.74, 6) is 5.34. The molecular formula is C26H28FN5O2. The first kappa shape index (κ1) is 22.4. The standard InChI is InChI=1S/C26H28FN5O2/c1-3-17-9-20(5-6-22(17)27)31-26-21-10-25(24(33-2)11-23(21)29-16-30-26)34-8-4-7-32-14-18-12-28-13-19(18)15-32/h1,5-6,9-11,16,18-19,28H,4,7-8,12-15H2,2H3,(H,29,30,31). The predicted octanol–water partition coefficient (Wildman–Crippen LogP) is 3.42. The van der Waals surface area contributed by atoms with Crippen molar-refractivity contribution in [1.29, 1.82) is 0 Å². The van der Waals surface area contributed by atoms with E-state index in [-0.39, 0.29) is 5.56 Å². The number of halogens is 1. The van der Waals surface area contributed by atoms with Gasteiger partial charge < -0.3 is 25.0 Å². The molecule has 0 amide bonds. The van der Waals surface area contributed by atoms with Crippen LogP contribution < -0.4 is 20.1 Å². The van der Waals surface area contributed by atoms with Crippen molar-refractivity contribution >= 4 is 22.4 Å². The highest BCUT2D eigenvalue weighted by Crippen LogP contribution is 2.35. The quantitative estimate of drug-likeness (QED) is 0.393. The first-order valence-electron chi connectivity index (χ1n) is 11.6. The Kier molecular flexibility index (Phi) is 6.48. The highest BCUT2D eigenvalue weighted by Gasteiger charge is 2.35. The van der Waals surface area contributed by atoms with Crippen LogP contribution in [0.4, 0.5) is 15.9 Å². The van der Waals surface area contributed by atoms with E-state index in [9.17, 15) is 4.39 Å². The molecule has 0 aliphatic carbocycles. The molecule has 34 heavy (non-hydrogen) atoms. The summed E-state index contributed by atoms with van der Waals surface area (Å²) in [7, 11) is 1.62. The molecule has 3 aromatic rings. The summed E-state index contributed by atoms with van der Waals surface area (Å²) in [4.78, 5) is 11.3. The van der Waals surface area contributed by atoms with Gasteiger partial charge in [0.05, 0.1) is 24.8 Å². The SMILES string of the molecule is C#Cc1cc(Nc2ncnc3cc(OC)c(OCCCN4CC5CNCC5C4)cc23)ccc1F. The number of hydrogen-bond acceptors (Lipinski definition) is 7. The minimum absolute atomic E-state index is 0.187. The van der Waals surface area contributed by atoms with Gasteiger partial charge in [0.2, 0.25) is 0 Å². The number of ether oxygens (including phenoxy) is 2. The van der Waals surface area contributed by atoms with Gasteiger partial charge in [-0.1, -0.05) is 5.92 Å². The van der Waals surface area contributed by atoms with Gasteiger partial charge >= 0.3 is 0 Å². The Bertz CT molecular complexity index is 1220. The third-order valence-electron chi connectivity index (χ3n) is 6.65. The molecule has 2 aliphatic heterocycles. The molecule has 0 radical (unpaired) electrons. The number of nitrogens with one attached hydrogen (secondary N) is 2. The Balaban J connectivity index is 1.29. The minimum atomic E-state index is -0.435. The second-order valence-electron chi connectivity index (χ2n) is 8.85. The second-order valence-corrected chi connectivity index (χ2v) is 8.85. The molecule has 8 heteroatoms. The number of methoxy groups -OCH3 is 1. The fourth-order valence-electron chi connectivity index (χ4n) is 4.89. The topological polar surface area (TPSA) is 71.5 Å². The molecular weight excluding hydrogens is 433 g/mol. The van der Waals surface area contributed by atoms with E-state index >= 15 is 0 Å². The zero-order chi connectivity index (χ0) is 23.5. The van der Waals surface area contributed by atoms with Crippen LogP contribution in [0.1, 0.15) is 12.0 Å². The summed E-state index contributed by atoms with van der Waals surface area (Å²) in [6, 6.07) is 8.25. The van der Waals surface area contributed by atoms with Crippen LogP contribution in [0.25, 0.3) is 10.9 Å². The third kappa shape index (κ3) is 4.63. The van der Waals surface area contributed by atoms with E-state index < -0.39 is 5.82 Å². The fraction of sp³-hybridized carbons (Fsp3) is 0.385. The Morgan fingerprint density at radius 3 is 2.76 bits per heavy atom. The Morgan fingerprint density at radius 2 is 2.00 bits per heavy atom. The van der Waals surface area contributed by atoms with Crippen LogP contribution >= 0.6 is 0 Å². The summed E-state index contributed by atoms with van der Waals surface area (Å²) in [5, 5.41) is 7.47. The molecule has 0 saturated carbocycles. The number of nitrogens with zero attached hydrogens (tertiary/aromatic N) is 3. The first-order chi connectivity index (χ1) is 16.6. The van der Waals surface area contributed by atoms with Crippen molar-refractivity contribution in [2.24, 2.45) is 11.8 Å². The van der Waals surface area contributed by atoms with Crippen molar-refractivity contribution < 1.29 is 13.9 Å². The molecule has 2 aliphatic rings. The summed E-state index contributed by atoms with van der Waals surface area (Å²) in [6.45, 7) is 6.26. The van der Waals surface area contributed by atoms with Gasteiger partial charge in [0.1, 0.15) is 18.0 Å². The van der Waals surface area contributed by atoms with Crippen LogP contribution in [0.15, 0.2) is 36.7 Å². The first-order valence-corrected chi connectivity index (χ1v) is 11.6. The van der Waals surface area contributed by atoms with Crippen LogP contribution in [-0.4, -0.2) is 61.3 Å². The van der Waals surface area contributed by atoms with Gasteiger partial charge in [-0.15, -0.1) is 6.42 Å². The van der Waals surface area contributed by atoms with E-state index in [0.29, 0.717) is 35.1 Å². The van der Waals surface area contributed by atoms with E-state index in [4.69, 9.17) is 15.9 Å². The van der Waals surface area contributed by atoms with Crippen molar-refractivity contribution in [2.75, 3.05) is 51.8 Å². The molecule has 2 aromatic carbocycles. The number of hydrogen-bond donors (Lipinski definition) is 2. The van der Waals surface area contributed by atoms with E-state index in [0.717, 1.165) is 43.3 Å². The van der Waals surface area contributed by atoms with Crippen molar-refractivity contribution in [1.82, 2.24) is 20.2 Å². The van der Waals surface area contributed by atoms with Gasteiger partial charge in [-0.3, -0.25) is 0 Å². The molecule has 5 rings (SSSR count). The lowest BCUT2D eigenvalue weighted by molar-refractivity contribution is 0.247. The number of aromatic nitrogens is 2. The normalized spacial score (nSPS) is 19.7. The van der Waals surface area contributed by atoms with E-state index in [1.807, 2.05) is 12.1 Å². The molecule has 2 unspecified atom stereocenters. The van der Waals surface area contributed by atoms with Gasteiger partial charge in [0.25, 0.3) is 0 Å². The largest absolute Gasteiger partial charge is 0.493 e. The third-order valence-corrected chi connectivity index (χ3v) is 6.65. The number of anilines is 2. The van der Waals surface area contributed by atoms with Gasteiger partial charge in [0.15, 0.2) is 11.5 Å². The maximum absolute atomic E-state index is 13.8. The lowest BCUT2D eigenvalue weighted by Crippen LogP contribution is -2.27. The summed E-state index contributed by atoms with van der Waals surface area (Å²) < 4.78 is 25.4. The Hall–Kier alpha value is -3.41. The van der Waals surface area contributed by atoms with E-state index in [1.54, 1.807) is 19.2 Å². The van der Waals surface area contributed by atoms with Crippen molar-refractivity contribution in [3.63, 3.8) is 0 Å². The molecule has 2 saturated heterocycles. The summed E-state index contributed by atoms with van der Waals surface area (Å²) >= 11 is 0. The maximum atomic E-state index is 13.8. The van der Waals surface area contributed by atoms with Crippen LogP contribution in [0.5, 0.6) is 11.5 Å². The van der Waals surface area contributed by atoms with E-state index in [1.165, 1.54) is 25.5 Å². The second kappa shape index (κ2) is 9.84. The van der Waals surface area contributed by atoms with Gasteiger partial charge in [-0.2, -0.15) is 0 Å². The molecule has 176 valence electrons. The maximum Gasteiger partial charge on any atom is 0.162 e. The highest BCUT2D eigenvalue weighted by atomic mass is 19.1.